The lowest BCUT2D eigenvalue weighted by Crippen LogP contribution is -2.06. The van der Waals surface area contributed by atoms with Crippen LogP contribution in [0.25, 0.3) is 5.82 Å². The van der Waals surface area contributed by atoms with Crippen molar-refractivity contribution in [2.24, 2.45) is 5.73 Å². The largest absolute Gasteiger partial charge is 0.417 e. The summed E-state index contributed by atoms with van der Waals surface area (Å²) in [5.74, 6) is 0.317. The molecule has 90 valence electrons. The summed E-state index contributed by atoms with van der Waals surface area (Å²) >= 11 is 0. The van der Waals surface area contributed by atoms with Gasteiger partial charge in [-0.05, 0) is 12.1 Å². The molecule has 7 heteroatoms. The summed E-state index contributed by atoms with van der Waals surface area (Å²) in [7, 11) is 0. The van der Waals surface area contributed by atoms with Crippen LogP contribution in [0.4, 0.5) is 13.2 Å². The minimum atomic E-state index is -4.38. The third-order valence-corrected chi connectivity index (χ3v) is 2.18. The third-order valence-electron chi connectivity index (χ3n) is 2.18. The topological polar surface area (TPSA) is 56.7 Å². The van der Waals surface area contributed by atoms with Crippen LogP contribution in [0.15, 0.2) is 30.7 Å². The number of hydrogen-bond acceptors (Lipinski definition) is 3. The lowest BCUT2D eigenvalue weighted by molar-refractivity contribution is -0.137. The molecular weight excluding hydrogens is 233 g/mol. The molecule has 2 rings (SSSR count). The molecule has 0 bridgehead atoms. The second-order valence-corrected chi connectivity index (χ2v) is 3.40. The second-order valence-electron chi connectivity index (χ2n) is 3.40. The predicted octanol–water partition coefficient (Wildman–Crippen LogP) is 1.74. The molecule has 0 aliphatic carbocycles. The van der Waals surface area contributed by atoms with Gasteiger partial charge in [0.25, 0.3) is 0 Å². The van der Waals surface area contributed by atoms with E-state index in [9.17, 15) is 13.2 Å². The van der Waals surface area contributed by atoms with E-state index in [1.54, 1.807) is 12.4 Å². The van der Waals surface area contributed by atoms with Gasteiger partial charge in [-0.15, -0.1) is 0 Å². The number of pyridine rings is 1. The Labute approximate surface area is 94.9 Å². The van der Waals surface area contributed by atoms with E-state index in [1.165, 1.54) is 10.7 Å². The van der Waals surface area contributed by atoms with Crippen LogP contribution < -0.4 is 5.73 Å². The Morgan fingerprint density at radius 1 is 1.24 bits per heavy atom. The first kappa shape index (κ1) is 11.6. The van der Waals surface area contributed by atoms with Crippen LogP contribution in [0.1, 0.15) is 11.1 Å². The number of rotatable bonds is 2. The number of alkyl halides is 3. The SMILES string of the molecule is NCc1cnn(-c2ccc(C(F)(F)F)cn2)c1. The Morgan fingerprint density at radius 2 is 2.00 bits per heavy atom. The van der Waals surface area contributed by atoms with Gasteiger partial charge in [0, 0.05) is 24.5 Å². The molecule has 0 aromatic carbocycles. The molecule has 0 fully saturated rings. The molecule has 0 unspecified atom stereocenters. The molecule has 2 heterocycles. The van der Waals surface area contributed by atoms with E-state index in [0.717, 1.165) is 17.8 Å². The smallest absolute Gasteiger partial charge is 0.326 e. The molecule has 0 spiro atoms. The van der Waals surface area contributed by atoms with Crippen molar-refractivity contribution in [2.75, 3.05) is 0 Å². The van der Waals surface area contributed by atoms with Crippen molar-refractivity contribution in [3.05, 3.63) is 41.9 Å². The first-order valence-electron chi connectivity index (χ1n) is 4.78. The van der Waals surface area contributed by atoms with Gasteiger partial charge >= 0.3 is 6.18 Å². The quantitative estimate of drug-likeness (QED) is 0.872. The lowest BCUT2D eigenvalue weighted by atomic mass is 10.3. The molecule has 4 nitrogen and oxygen atoms in total. The van der Waals surface area contributed by atoms with E-state index in [4.69, 9.17) is 5.73 Å². The highest BCUT2D eigenvalue weighted by atomic mass is 19.4. The van der Waals surface area contributed by atoms with Crippen LogP contribution in [0.2, 0.25) is 0 Å². The van der Waals surface area contributed by atoms with Crippen molar-refractivity contribution in [1.29, 1.82) is 0 Å². The Morgan fingerprint density at radius 3 is 2.47 bits per heavy atom. The molecule has 2 aromatic rings. The fourth-order valence-corrected chi connectivity index (χ4v) is 1.28. The Balaban J connectivity index is 2.29. The van der Waals surface area contributed by atoms with Crippen LogP contribution in [0.3, 0.4) is 0 Å². The molecule has 2 aromatic heterocycles. The van der Waals surface area contributed by atoms with Gasteiger partial charge in [0.05, 0.1) is 11.8 Å². The number of nitrogens with zero attached hydrogens (tertiary/aromatic N) is 3. The third kappa shape index (κ3) is 2.44. The zero-order valence-corrected chi connectivity index (χ0v) is 8.65. The lowest BCUT2D eigenvalue weighted by Gasteiger charge is -2.06. The van der Waals surface area contributed by atoms with Crippen LogP contribution in [0.5, 0.6) is 0 Å². The predicted molar refractivity (Wildman–Crippen MR) is 54.3 cm³/mol. The van der Waals surface area contributed by atoms with Crippen molar-refractivity contribution in [3.8, 4) is 5.82 Å². The summed E-state index contributed by atoms with van der Waals surface area (Å²) in [6.07, 6.45) is -0.438. The summed E-state index contributed by atoms with van der Waals surface area (Å²) < 4.78 is 38.3. The summed E-state index contributed by atoms with van der Waals surface area (Å²) in [5, 5.41) is 3.94. The molecule has 0 atom stereocenters. The zero-order chi connectivity index (χ0) is 12.5. The Bertz CT molecular complexity index is 501. The van der Waals surface area contributed by atoms with Gasteiger partial charge in [-0.2, -0.15) is 18.3 Å². The molecule has 0 saturated carbocycles. The molecule has 2 N–H and O–H groups in total. The Hall–Kier alpha value is -1.89. The molecular formula is C10H9F3N4. The number of hydrogen-bond donors (Lipinski definition) is 1. The van der Waals surface area contributed by atoms with Gasteiger partial charge in [-0.1, -0.05) is 0 Å². The van der Waals surface area contributed by atoms with E-state index in [2.05, 4.69) is 10.1 Å². The van der Waals surface area contributed by atoms with Crippen molar-refractivity contribution >= 4 is 0 Å². The highest BCUT2D eigenvalue weighted by Crippen LogP contribution is 2.28. The standard InChI is InChI=1S/C10H9F3N4/c11-10(12,13)8-1-2-9(15-5-8)17-6-7(3-14)4-16-17/h1-2,4-6H,3,14H2. The van der Waals surface area contributed by atoms with Crippen molar-refractivity contribution in [3.63, 3.8) is 0 Å². The maximum atomic E-state index is 12.3. The minimum Gasteiger partial charge on any atom is -0.326 e. The van der Waals surface area contributed by atoms with E-state index < -0.39 is 11.7 Å². The zero-order valence-electron chi connectivity index (χ0n) is 8.65. The van der Waals surface area contributed by atoms with Gasteiger partial charge in [-0.25, -0.2) is 9.67 Å². The number of halogens is 3. The fraction of sp³-hybridized carbons (Fsp3) is 0.200. The molecule has 0 saturated heterocycles. The molecule has 0 aliphatic heterocycles. The summed E-state index contributed by atoms with van der Waals surface area (Å²) in [6.45, 7) is 0.320. The Kier molecular flexibility index (Phi) is 2.84. The van der Waals surface area contributed by atoms with Crippen LogP contribution in [0, 0.1) is 0 Å². The van der Waals surface area contributed by atoms with E-state index in [0.29, 0.717) is 12.4 Å². The number of nitrogens with two attached hydrogens (primary N) is 1. The van der Waals surface area contributed by atoms with E-state index >= 15 is 0 Å². The molecule has 0 aliphatic rings. The van der Waals surface area contributed by atoms with Crippen LogP contribution in [-0.4, -0.2) is 14.8 Å². The summed E-state index contributed by atoms with van der Waals surface area (Å²) in [4.78, 5) is 3.70. The normalized spacial score (nSPS) is 11.8. The first-order valence-corrected chi connectivity index (χ1v) is 4.78. The van der Waals surface area contributed by atoms with Gasteiger partial charge in [0.1, 0.15) is 0 Å². The summed E-state index contributed by atoms with van der Waals surface area (Å²) in [5.41, 5.74) is 5.40. The maximum absolute atomic E-state index is 12.3. The van der Waals surface area contributed by atoms with Crippen molar-refractivity contribution in [2.45, 2.75) is 12.7 Å². The average molecular weight is 242 g/mol. The number of aromatic nitrogens is 3. The van der Waals surface area contributed by atoms with Gasteiger partial charge in [0.15, 0.2) is 5.82 Å². The minimum absolute atomic E-state index is 0.317. The highest BCUT2D eigenvalue weighted by Gasteiger charge is 2.30. The van der Waals surface area contributed by atoms with E-state index in [-0.39, 0.29) is 0 Å². The highest BCUT2D eigenvalue weighted by molar-refractivity contribution is 5.26. The van der Waals surface area contributed by atoms with Gasteiger partial charge in [0.2, 0.25) is 0 Å². The van der Waals surface area contributed by atoms with Crippen molar-refractivity contribution < 1.29 is 13.2 Å². The van der Waals surface area contributed by atoms with Gasteiger partial charge in [-0.3, -0.25) is 0 Å². The first-order chi connectivity index (χ1) is 8.00. The maximum Gasteiger partial charge on any atom is 0.417 e. The molecule has 17 heavy (non-hydrogen) atoms. The molecule has 0 amide bonds. The summed E-state index contributed by atoms with van der Waals surface area (Å²) in [6, 6.07) is 2.22. The average Bonchev–Trinajstić information content (AvgIpc) is 2.76. The second kappa shape index (κ2) is 4.17. The van der Waals surface area contributed by atoms with Gasteiger partial charge < -0.3 is 5.73 Å². The van der Waals surface area contributed by atoms with Crippen LogP contribution in [-0.2, 0) is 12.7 Å². The molecule has 0 radical (unpaired) electrons. The monoisotopic (exact) mass is 242 g/mol. The fourth-order valence-electron chi connectivity index (χ4n) is 1.28. The van der Waals surface area contributed by atoms with Crippen LogP contribution >= 0.6 is 0 Å². The van der Waals surface area contributed by atoms with Crippen molar-refractivity contribution in [1.82, 2.24) is 14.8 Å². The van der Waals surface area contributed by atoms with E-state index in [1.807, 2.05) is 0 Å².